The molecule has 148 valence electrons. The lowest BCUT2D eigenvalue weighted by Gasteiger charge is -2.14. The zero-order valence-electron chi connectivity index (χ0n) is 14.2. The average molecular weight is 396 g/mol. The first-order valence-corrected chi connectivity index (χ1v) is 8.18. The minimum absolute atomic E-state index is 0.0307. The molecule has 10 heteroatoms. The van der Waals surface area contributed by atoms with Crippen molar-refractivity contribution >= 4 is 0 Å². The lowest BCUT2D eigenvalue weighted by Crippen LogP contribution is -2.33. The van der Waals surface area contributed by atoms with E-state index in [9.17, 15) is 27.9 Å². The van der Waals surface area contributed by atoms with Crippen LogP contribution in [0, 0.1) is 11.8 Å². The molecule has 1 aromatic heterocycles. The Morgan fingerprint density at radius 3 is 2.46 bits per heavy atom. The first kappa shape index (κ1) is 19.9. The maximum atomic E-state index is 12.6. The monoisotopic (exact) mass is 396 g/mol. The van der Waals surface area contributed by atoms with Crippen LogP contribution in [-0.2, 0) is 10.9 Å². The fourth-order valence-corrected chi connectivity index (χ4v) is 2.72. The predicted octanol–water partition coefficient (Wildman–Crippen LogP) is 0.596. The third kappa shape index (κ3) is 4.17. The van der Waals surface area contributed by atoms with Crippen LogP contribution in [0.15, 0.2) is 40.1 Å². The van der Waals surface area contributed by atoms with Crippen molar-refractivity contribution in [3.8, 4) is 11.8 Å². The van der Waals surface area contributed by atoms with Gasteiger partial charge in [-0.2, -0.15) is 13.2 Å². The number of ether oxygens (including phenoxy) is 1. The van der Waals surface area contributed by atoms with E-state index in [1.165, 1.54) is 12.1 Å². The minimum atomic E-state index is -4.46. The van der Waals surface area contributed by atoms with Crippen LogP contribution < -0.4 is 11.2 Å². The highest BCUT2D eigenvalue weighted by molar-refractivity contribution is 5.42. The summed E-state index contributed by atoms with van der Waals surface area (Å²) in [5.41, 5.74) is -2.22. The van der Waals surface area contributed by atoms with Crippen LogP contribution in [0.3, 0.4) is 0 Å². The highest BCUT2D eigenvalue weighted by Crippen LogP contribution is 2.29. The van der Waals surface area contributed by atoms with E-state index in [0.29, 0.717) is 0 Å². The van der Waals surface area contributed by atoms with Crippen molar-refractivity contribution in [2.24, 2.45) is 0 Å². The molecule has 7 nitrogen and oxygen atoms in total. The molecule has 2 heterocycles. The van der Waals surface area contributed by atoms with Gasteiger partial charge < -0.3 is 14.9 Å². The highest BCUT2D eigenvalue weighted by Gasteiger charge is 2.35. The van der Waals surface area contributed by atoms with Crippen LogP contribution >= 0.6 is 0 Å². The Kier molecular flexibility index (Phi) is 5.42. The van der Waals surface area contributed by atoms with E-state index in [1.807, 2.05) is 0 Å². The third-order valence-corrected chi connectivity index (χ3v) is 4.22. The number of halogens is 3. The van der Waals surface area contributed by atoms with Crippen molar-refractivity contribution in [2.75, 3.05) is 6.61 Å². The van der Waals surface area contributed by atoms with Gasteiger partial charge in [-0.3, -0.25) is 14.3 Å². The molecule has 3 N–H and O–H groups in total. The lowest BCUT2D eigenvalue weighted by atomic mass is 10.1. The number of aliphatic hydroxyl groups excluding tert-OH is 2. The molecule has 1 aromatic carbocycles. The number of nitrogens with one attached hydrogen (secondary N) is 1. The number of H-pyrrole nitrogens is 1. The van der Waals surface area contributed by atoms with Gasteiger partial charge in [0.2, 0.25) is 0 Å². The molecule has 3 rings (SSSR count). The molecule has 0 spiro atoms. The number of alkyl halides is 3. The molecular weight excluding hydrogens is 381 g/mol. The average Bonchev–Trinajstić information content (AvgIpc) is 3.01. The van der Waals surface area contributed by atoms with E-state index in [4.69, 9.17) is 9.84 Å². The van der Waals surface area contributed by atoms with Gasteiger partial charge in [-0.25, -0.2) is 4.79 Å². The Balaban J connectivity index is 1.89. The maximum Gasteiger partial charge on any atom is 0.416 e. The number of aromatic amines is 1. The van der Waals surface area contributed by atoms with Crippen molar-refractivity contribution in [3.63, 3.8) is 0 Å². The van der Waals surface area contributed by atoms with Crippen molar-refractivity contribution in [3.05, 3.63) is 68.0 Å². The molecule has 0 saturated carbocycles. The number of aromatic nitrogens is 2. The Labute approximate surface area is 156 Å². The second-order valence-corrected chi connectivity index (χ2v) is 6.15. The first-order valence-electron chi connectivity index (χ1n) is 8.18. The third-order valence-electron chi connectivity index (χ3n) is 4.22. The number of hydrogen-bond donors (Lipinski definition) is 3. The van der Waals surface area contributed by atoms with Gasteiger partial charge in [-0.1, -0.05) is 11.8 Å². The Morgan fingerprint density at radius 2 is 1.89 bits per heavy atom. The largest absolute Gasteiger partial charge is 0.416 e. The first-order chi connectivity index (χ1) is 13.2. The molecule has 0 radical (unpaired) electrons. The van der Waals surface area contributed by atoms with E-state index < -0.39 is 48.0 Å². The Bertz CT molecular complexity index is 1030. The molecule has 1 fully saturated rings. The van der Waals surface area contributed by atoms with Gasteiger partial charge in [0.1, 0.15) is 17.9 Å². The van der Waals surface area contributed by atoms with E-state index in [0.717, 1.165) is 22.9 Å². The van der Waals surface area contributed by atoms with Gasteiger partial charge in [0.25, 0.3) is 5.56 Å². The molecule has 2 aromatic rings. The molecule has 1 saturated heterocycles. The zero-order chi connectivity index (χ0) is 20.5. The Morgan fingerprint density at radius 1 is 1.21 bits per heavy atom. The summed E-state index contributed by atoms with van der Waals surface area (Å²) in [5, 5.41) is 18.9. The van der Waals surface area contributed by atoms with Gasteiger partial charge >= 0.3 is 11.9 Å². The molecule has 1 aliphatic heterocycles. The number of rotatable bonds is 2. The standard InChI is InChI=1S/C18H15F3N2O5/c19-18(20,21)12-5-2-10(3-6-12)1-4-11-8-23(17(27)22-16(11)26)15-7-13(25)14(9-24)28-15/h2-3,5-6,8,13-15,24-25H,7,9H2,(H,22,26,27)/t13-,14+,15+/m1/s1. The summed E-state index contributed by atoms with van der Waals surface area (Å²) in [6.45, 7) is -0.434. The predicted molar refractivity (Wildman–Crippen MR) is 90.4 cm³/mol. The number of nitrogens with zero attached hydrogens (tertiary/aromatic N) is 1. The number of aliphatic hydroxyl groups is 2. The molecule has 1 aliphatic rings. The highest BCUT2D eigenvalue weighted by atomic mass is 19.4. The molecule has 0 bridgehead atoms. The molecule has 0 amide bonds. The summed E-state index contributed by atoms with van der Waals surface area (Å²) in [6, 6.07) is 4.08. The van der Waals surface area contributed by atoms with E-state index >= 15 is 0 Å². The summed E-state index contributed by atoms with van der Waals surface area (Å²) in [6.07, 6.45) is -6.01. The van der Waals surface area contributed by atoms with Crippen LogP contribution in [0.1, 0.15) is 29.3 Å². The number of hydrogen-bond acceptors (Lipinski definition) is 5. The van der Waals surface area contributed by atoms with Crippen LogP contribution in [0.4, 0.5) is 13.2 Å². The van der Waals surface area contributed by atoms with E-state index in [-0.39, 0.29) is 17.5 Å². The smallest absolute Gasteiger partial charge is 0.394 e. The van der Waals surface area contributed by atoms with E-state index in [1.54, 1.807) is 0 Å². The van der Waals surface area contributed by atoms with Crippen molar-refractivity contribution < 1.29 is 28.1 Å². The van der Waals surface area contributed by atoms with Crippen LogP contribution in [-0.4, -0.2) is 38.6 Å². The molecule has 0 unspecified atom stereocenters. The summed E-state index contributed by atoms with van der Waals surface area (Å²) in [5.74, 6) is 5.08. The normalized spacial score (nSPS) is 22.0. The molecule has 3 atom stereocenters. The van der Waals surface area contributed by atoms with Gasteiger partial charge in [-0.05, 0) is 24.3 Å². The summed E-state index contributed by atoms with van der Waals surface area (Å²) < 4.78 is 44.1. The van der Waals surface area contributed by atoms with Crippen LogP contribution in [0.2, 0.25) is 0 Å². The van der Waals surface area contributed by atoms with E-state index in [2.05, 4.69) is 16.8 Å². The second-order valence-electron chi connectivity index (χ2n) is 6.15. The molecule has 0 aliphatic carbocycles. The summed E-state index contributed by atoms with van der Waals surface area (Å²) in [7, 11) is 0. The quantitative estimate of drug-likeness (QED) is 0.645. The van der Waals surface area contributed by atoms with Crippen molar-refractivity contribution in [2.45, 2.75) is 31.0 Å². The summed E-state index contributed by atoms with van der Waals surface area (Å²) in [4.78, 5) is 26.0. The van der Waals surface area contributed by atoms with Gasteiger partial charge in [-0.15, -0.1) is 0 Å². The second kappa shape index (κ2) is 7.63. The maximum absolute atomic E-state index is 12.6. The lowest BCUT2D eigenvalue weighted by molar-refractivity contribution is -0.137. The van der Waals surface area contributed by atoms with Crippen LogP contribution in [0.25, 0.3) is 0 Å². The van der Waals surface area contributed by atoms with Gasteiger partial charge in [0.05, 0.1) is 18.3 Å². The summed E-state index contributed by atoms with van der Waals surface area (Å²) >= 11 is 0. The van der Waals surface area contributed by atoms with Crippen LogP contribution in [0.5, 0.6) is 0 Å². The zero-order valence-corrected chi connectivity index (χ0v) is 14.2. The number of benzene rings is 1. The fraction of sp³-hybridized carbons (Fsp3) is 0.333. The minimum Gasteiger partial charge on any atom is -0.394 e. The molecule has 28 heavy (non-hydrogen) atoms. The topological polar surface area (TPSA) is 105 Å². The fourth-order valence-electron chi connectivity index (χ4n) is 2.72. The van der Waals surface area contributed by atoms with Gasteiger partial charge in [0.15, 0.2) is 0 Å². The van der Waals surface area contributed by atoms with Crippen molar-refractivity contribution in [1.29, 1.82) is 0 Å². The van der Waals surface area contributed by atoms with Crippen molar-refractivity contribution in [1.82, 2.24) is 9.55 Å². The Hall–Kier alpha value is -2.87. The SMILES string of the molecule is O=c1[nH]c(=O)n([C@@H]2C[C@@H](O)[C@H](CO)O2)cc1C#Cc1ccc(C(F)(F)F)cc1. The molecular formula is C18H15F3N2O5. The van der Waals surface area contributed by atoms with Gasteiger partial charge in [0, 0.05) is 18.2 Å².